The smallest absolute Gasteiger partial charge is 0.338 e. The number of thiazole rings is 1. The van der Waals surface area contributed by atoms with Crippen LogP contribution >= 0.6 is 27.3 Å². The number of carbonyl (C=O) groups is 1. The molecule has 1 aliphatic rings. The molecule has 1 atom stereocenters. The zero-order valence-corrected chi connectivity index (χ0v) is 24.9. The van der Waals surface area contributed by atoms with Crippen molar-refractivity contribution in [3.05, 3.63) is 89.5 Å². The van der Waals surface area contributed by atoms with Gasteiger partial charge in [0.15, 0.2) is 27.8 Å². The van der Waals surface area contributed by atoms with Crippen molar-refractivity contribution >= 4 is 39.3 Å². The van der Waals surface area contributed by atoms with Gasteiger partial charge in [0, 0.05) is 10.0 Å². The van der Waals surface area contributed by atoms with E-state index >= 15 is 0 Å². The van der Waals surface area contributed by atoms with Crippen molar-refractivity contribution < 1.29 is 28.8 Å². The van der Waals surface area contributed by atoms with Crippen molar-refractivity contribution in [2.45, 2.75) is 26.8 Å². The molecule has 0 saturated carbocycles. The lowest BCUT2D eigenvalue weighted by Gasteiger charge is -2.25. The topological polar surface area (TPSA) is 109 Å². The highest BCUT2D eigenvalue weighted by Crippen LogP contribution is 2.37. The molecule has 0 fully saturated rings. The number of hydrogen-bond donors (Lipinski definition) is 1. The second-order valence-electron chi connectivity index (χ2n) is 8.59. The predicted molar refractivity (Wildman–Crippen MR) is 156 cm³/mol. The summed E-state index contributed by atoms with van der Waals surface area (Å²) in [5, 5.41) is 10.7. The lowest BCUT2D eigenvalue weighted by Crippen LogP contribution is -2.40. The van der Waals surface area contributed by atoms with E-state index in [1.54, 1.807) is 56.3 Å². The van der Waals surface area contributed by atoms with Crippen molar-refractivity contribution in [3.63, 3.8) is 0 Å². The third-order valence-electron chi connectivity index (χ3n) is 6.03. The van der Waals surface area contributed by atoms with E-state index in [9.17, 15) is 14.7 Å². The Labute approximate surface area is 243 Å². The standard InChI is InChI=1S/C29H29BrN2O7S/c1-6-11-39-20-10-9-17(13-21(20)37-7-2)25-24(28(35)38-8-3)16(4)31-29-32(25)27(34)23(40-29)14-18-12-19(30)15-22(36-5)26(18)33/h6,9-10,12-15,25,33H,1,7-8,11H2,2-5H3/b23-14+. The predicted octanol–water partition coefficient (Wildman–Crippen LogP) is 4.24. The maximum Gasteiger partial charge on any atom is 0.338 e. The van der Waals surface area contributed by atoms with E-state index in [2.05, 4.69) is 27.5 Å². The zero-order chi connectivity index (χ0) is 29.0. The number of esters is 1. The highest BCUT2D eigenvalue weighted by molar-refractivity contribution is 9.10. The molecule has 0 saturated heterocycles. The lowest BCUT2D eigenvalue weighted by molar-refractivity contribution is -0.139. The van der Waals surface area contributed by atoms with Gasteiger partial charge in [0.1, 0.15) is 6.61 Å². The van der Waals surface area contributed by atoms with Gasteiger partial charge in [0.25, 0.3) is 5.56 Å². The van der Waals surface area contributed by atoms with Crippen LogP contribution in [0.5, 0.6) is 23.0 Å². The summed E-state index contributed by atoms with van der Waals surface area (Å²) in [6, 6.07) is 7.75. The van der Waals surface area contributed by atoms with Gasteiger partial charge in [0.2, 0.25) is 0 Å². The second-order valence-corrected chi connectivity index (χ2v) is 10.5. The Balaban J connectivity index is 1.96. The van der Waals surface area contributed by atoms with Crippen LogP contribution in [0.4, 0.5) is 0 Å². The minimum atomic E-state index is -0.837. The van der Waals surface area contributed by atoms with Gasteiger partial charge < -0.3 is 24.1 Å². The van der Waals surface area contributed by atoms with E-state index in [1.807, 2.05) is 6.92 Å². The Kier molecular flexibility index (Phi) is 9.16. The van der Waals surface area contributed by atoms with Gasteiger partial charge in [-0.3, -0.25) is 9.36 Å². The second kappa shape index (κ2) is 12.6. The Morgan fingerprint density at radius 2 is 1.95 bits per heavy atom. The van der Waals surface area contributed by atoms with Crippen molar-refractivity contribution in [3.8, 4) is 23.0 Å². The largest absolute Gasteiger partial charge is 0.504 e. The van der Waals surface area contributed by atoms with Crippen LogP contribution in [0.25, 0.3) is 6.08 Å². The molecule has 1 unspecified atom stereocenters. The molecule has 0 aliphatic carbocycles. The molecule has 0 amide bonds. The maximum atomic E-state index is 13.9. The fraction of sp³-hybridized carbons (Fsp3) is 0.276. The number of ether oxygens (including phenoxy) is 4. The summed E-state index contributed by atoms with van der Waals surface area (Å²) in [5.41, 5.74) is 1.30. The maximum absolute atomic E-state index is 13.9. The summed E-state index contributed by atoms with van der Waals surface area (Å²) in [6.07, 6.45) is 3.20. The number of phenolic OH excluding ortho intramolecular Hbond substituents is 1. The minimum Gasteiger partial charge on any atom is -0.504 e. The van der Waals surface area contributed by atoms with E-state index in [1.165, 1.54) is 11.7 Å². The Hall–Kier alpha value is -3.83. The van der Waals surface area contributed by atoms with Gasteiger partial charge in [-0.25, -0.2) is 9.79 Å². The van der Waals surface area contributed by atoms with Crippen LogP contribution in [0.15, 0.2) is 68.5 Å². The van der Waals surface area contributed by atoms with Crippen LogP contribution in [0.3, 0.4) is 0 Å². The number of allylic oxidation sites excluding steroid dienone is 1. The molecule has 2 aromatic carbocycles. The van der Waals surface area contributed by atoms with Gasteiger partial charge in [-0.15, -0.1) is 0 Å². The molecule has 2 heterocycles. The SMILES string of the molecule is C=CCOc1ccc(C2C(C(=O)OCC)=C(C)N=c3s/c(=C/c4cc(Br)cc(OC)c4O)c(=O)n32)cc1OCC. The number of aromatic hydroxyl groups is 1. The van der Waals surface area contributed by atoms with Crippen LogP contribution in [0.1, 0.15) is 37.9 Å². The Morgan fingerprint density at radius 1 is 1.18 bits per heavy atom. The molecule has 1 aromatic heterocycles. The van der Waals surface area contributed by atoms with Gasteiger partial charge in [-0.1, -0.05) is 46.0 Å². The molecule has 0 bridgehead atoms. The molecule has 4 rings (SSSR count). The number of carbonyl (C=O) groups excluding carboxylic acids is 1. The normalized spacial score (nSPS) is 14.8. The van der Waals surface area contributed by atoms with Gasteiger partial charge >= 0.3 is 5.97 Å². The quantitative estimate of drug-likeness (QED) is 0.264. The fourth-order valence-electron chi connectivity index (χ4n) is 4.34. The zero-order valence-electron chi connectivity index (χ0n) is 22.5. The van der Waals surface area contributed by atoms with Crippen LogP contribution in [0, 0.1) is 0 Å². The van der Waals surface area contributed by atoms with Gasteiger partial charge in [0.05, 0.1) is 42.2 Å². The molecule has 1 aliphatic heterocycles. The first-order chi connectivity index (χ1) is 19.2. The third-order valence-corrected chi connectivity index (χ3v) is 7.47. The number of fused-ring (bicyclic) bond motifs is 1. The Bertz CT molecular complexity index is 1670. The third kappa shape index (κ3) is 5.71. The van der Waals surface area contributed by atoms with E-state index < -0.39 is 12.0 Å². The van der Waals surface area contributed by atoms with E-state index in [4.69, 9.17) is 18.9 Å². The van der Waals surface area contributed by atoms with Crippen molar-refractivity contribution in [1.29, 1.82) is 0 Å². The van der Waals surface area contributed by atoms with E-state index in [0.717, 1.165) is 11.3 Å². The molecular formula is C29H29BrN2O7S. The molecule has 0 spiro atoms. The number of hydrogen-bond acceptors (Lipinski definition) is 9. The summed E-state index contributed by atoms with van der Waals surface area (Å²) in [6.45, 7) is 9.81. The number of phenols is 1. The number of benzene rings is 2. The van der Waals surface area contributed by atoms with Gasteiger partial charge in [-0.05, 0) is 56.7 Å². The first-order valence-corrected chi connectivity index (χ1v) is 14.1. The van der Waals surface area contributed by atoms with Crippen molar-refractivity contribution in [2.75, 3.05) is 26.9 Å². The molecule has 0 radical (unpaired) electrons. The molecule has 210 valence electrons. The van der Waals surface area contributed by atoms with E-state index in [-0.39, 0.29) is 35.8 Å². The van der Waals surface area contributed by atoms with E-state index in [0.29, 0.717) is 48.7 Å². The monoisotopic (exact) mass is 628 g/mol. The number of nitrogens with zero attached hydrogens (tertiary/aromatic N) is 2. The van der Waals surface area contributed by atoms with Crippen LogP contribution < -0.4 is 29.1 Å². The van der Waals surface area contributed by atoms with Crippen LogP contribution in [-0.2, 0) is 9.53 Å². The summed E-state index contributed by atoms with van der Waals surface area (Å²) in [7, 11) is 1.45. The summed E-state index contributed by atoms with van der Waals surface area (Å²) < 4.78 is 24.7. The molecule has 11 heteroatoms. The van der Waals surface area contributed by atoms with Crippen molar-refractivity contribution in [2.24, 2.45) is 4.99 Å². The highest BCUT2D eigenvalue weighted by Gasteiger charge is 2.34. The molecule has 3 aromatic rings. The fourth-order valence-corrected chi connectivity index (χ4v) is 5.83. The minimum absolute atomic E-state index is 0.104. The average molecular weight is 630 g/mol. The van der Waals surface area contributed by atoms with Crippen molar-refractivity contribution in [1.82, 2.24) is 4.57 Å². The average Bonchev–Trinajstić information content (AvgIpc) is 3.23. The van der Waals surface area contributed by atoms with Gasteiger partial charge in [-0.2, -0.15) is 0 Å². The number of rotatable bonds is 10. The van der Waals surface area contributed by atoms with Crippen LogP contribution in [0.2, 0.25) is 0 Å². The molecule has 1 N–H and O–H groups in total. The number of halogens is 1. The Morgan fingerprint density at radius 3 is 2.62 bits per heavy atom. The van der Waals surface area contributed by atoms with Crippen LogP contribution in [-0.4, -0.2) is 42.6 Å². The highest BCUT2D eigenvalue weighted by atomic mass is 79.9. The molecule has 9 nitrogen and oxygen atoms in total. The summed E-state index contributed by atoms with van der Waals surface area (Å²) in [5.74, 6) is 0.563. The molecule has 40 heavy (non-hydrogen) atoms. The summed E-state index contributed by atoms with van der Waals surface area (Å²) >= 11 is 4.56. The first kappa shape index (κ1) is 29.2. The summed E-state index contributed by atoms with van der Waals surface area (Å²) in [4.78, 5) is 32.1. The molecular weight excluding hydrogens is 600 g/mol. The lowest BCUT2D eigenvalue weighted by atomic mass is 9.95. The first-order valence-electron chi connectivity index (χ1n) is 12.5. The number of methoxy groups -OCH3 is 1. The number of aromatic nitrogens is 1.